The van der Waals surface area contributed by atoms with E-state index < -0.39 is 0 Å². The van der Waals surface area contributed by atoms with Crippen LogP contribution in [0.2, 0.25) is 0 Å². The summed E-state index contributed by atoms with van der Waals surface area (Å²) < 4.78 is 10.8. The van der Waals surface area contributed by atoms with Gasteiger partial charge < -0.3 is 19.7 Å². The van der Waals surface area contributed by atoms with E-state index in [9.17, 15) is 4.79 Å². The van der Waals surface area contributed by atoms with Gasteiger partial charge in [-0.2, -0.15) is 0 Å². The predicted octanol–water partition coefficient (Wildman–Crippen LogP) is 3.31. The van der Waals surface area contributed by atoms with Crippen molar-refractivity contribution in [3.63, 3.8) is 0 Å². The molecule has 0 unspecified atom stereocenters. The van der Waals surface area contributed by atoms with Gasteiger partial charge in [-0.3, -0.25) is 9.69 Å². The quantitative estimate of drug-likeness (QED) is 0.703. The number of ether oxygens (including phenoxy) is 2. The summed E-state index contributed by atoms with van der Waals surface area (Å²) in [7, 11) is 1.68. The lowest BCUT2D eigenvalue weighted by molar-refractivity contribution is -0.123. The van der Waals surface area contributed by atoms with Crippen LogP contribution in [0.25, 0.3) is 0 Å². The van der Waals surface area contributed by atoms with Crippen molar-refractivity contribution in [1.82, 2.24) is 10.2 Å². The van der Waals surface area contributed by atoms with E-state index in [1.807, 2.05) is 24.3 Å². The van der Waals surface area contributed by atoms with Crippen LogP contribution in [0.3, 0.4) is 0 Å². The maximum atomic E-state index is 12.1. The fourth-order valence-corrected chi connectivity index (χ4v) is 3.63. The van der Waals surface area contributed by atoms with Crippen molar-refractivity contribution in [3.8, 4) is 11.5 Å². The normalized spacial score (nSPS) is 14.9. The fourth-order valence-electron chi connectivity index (χ4n) is 3.63. The molecule has 168 valence electrons. The summed E-state index contributed by atoms with van der Waals surface area (Å²) in [4.78, 5) is 16.9. The van der Waals surface area contributed by atoms with Crippen LogP contribution in [0.4, 0.5) is 5.69 Å². The molecule has 0 saturated carbocycles. The number of rotatable bonds is 8. The molecule has 1 N–H and O–H groups in total. The SMILES string of the molecule is COc1ccc(N2CCN(CCNC(=O)COc3ccc(C(C)(C)C)cc3)CC2)cc1. The molecule has 0 bridgehead atoms. The zero-order valence-electron chi connectivity index (χ0n) is 19.2. The third-order valence-electron chi connectivity index (χ3n) is 5.65. The Bertz CT molecular complexity index is 821. The zero-order valence-corrected chi connectivity index (χ0v) is 19.2. The molecule has 1 fully saturated rings. The molecule has 0 aliphatic carbocycles. The van der Waals surface area contributed by atoms with Crippen molar-refractivity contribution in [2.24, 2.45) is 0 Å². The standard InChI is InChI=1S/C25H35N3O3/c1-25(2,3)20-5-9-23(10-6-20)31-19-24(29)26-13-14-27-15-17-28(18-16-27)21-7-11-22(30-4)12-8-21/h5-12H,13-19H2,1-4H3,(H,26,29). The molecule has 0 aromatic heterocycles. The summed E-state index contributed by atoms with van der Waals surface area (Å²) in [5.41, 5.74) is 2.58. The van der Waals surface area contributed by atoms with Crippen LogP contribution in [0, 0.1) is 0 Å². The minimum Gasteiger partial charge on any atom is -0.497 e. The molecule has 1 aliphatic rings. The number of carbonyl (C=O) groups excluding carboxylic acids is 1. The summed E-state index contributed by atoms with van der Waals surface area (Å²) >= 11 is 0. The Morgan fingerprint density at radius 3 is 2.13 bits per heavy atom. The van der Waals surface area contributed by atoms with Gasteiger partial charge in [-0.1, -0.05) is 32.9 Å². The number of piperazine rings is 1. The Hall–Kier alpha value is -2.73. The van der Waals surface area contributed by atoms with E-state index in [1.165, 1.54) is 11.3 Å². The maximum absolute atomic E-state index is 12.1. The number of carbonyl (C=O) groups is 1. The number of methoxy groups -OCH3 is 1. The summed E-state index contributed by atoms with van der Waals surface area (Å²) in [5, 5.41) is 2.96. The van der Waals surface area contributed by atoms with Gasteiger partial charge in [0.05, 0.1) is 7.11 Å². The van der Waals surface area contributed by atoms with Crippen molar-refractivity contribution < 1.29 is 14.3 Å². The van der Waals surface area contributed by atoms with E-state index in [0.29, 0.717) is 6.54 Å². The Balaban J connectivity index is 1.32. The first-order valence-electron chi connectivity index (χ1n) is 11.0. The second-order valence-electron chi connectivity index (χ2n) is 8.94. The van der Waals surface area contributed by atoms with Gasteiger partial charge in [0, 0.05) is 45.0 Å². The Morgan fingerprint density at radius 2 is 1.55 bits per heavy atom. The van der Waals surface area contributed by atoms with Gasteiger partial charge in [-0.15, -0.1) is 0 Å². The van der Waals surface area contributed by atoms with E-state index in [0.717, 1.165) is 44.2 Å². The minimum absolute atomic E-state index is 0.0418. The maximum Gasteiger partial charge on any atom is 0.257 e. The molecule has 1 amide bonds. The number of anilines is 1. The van der Waals surface area contributed by atoms with Crippen LogP contribution in [0.15, 0.2) is 48.5 Å². The van der Waals surface area contributed by atoms with Crippen molar-refractivity contribution in [2.45, 2.75) is 26.2 Å². The lowest BCUT2D eigenvalue weighted by Gasteiger charge is -2.36. The molecule has 1 heterocycles. The van der Waals surface area contributed by atoms with Crippen molar-refractivity contribution in [1.29, 1.82) is 0 Å². The number of benzene rings is 2. The van der Waals surface area contributed by atoms with Crippen molar-refractivity contribution >= 4 is 11.6 Å². The number of nitrogens with one attached hydrogen (secondary N) is 1. The highest BCUT2D eigenvalue weighted by Crippen LogP contribution is 2.24. The van der Waals surface area contributed by atoms with Gasteiger partial charge in [0.25, 0.3) is 5.91 Å². The fraction of sp³-hybridized carbons (Fsp3) is 0.480. The number of nitrogens with zero attached hydrogens (tertiary/aromatic N) is 2. The van der Waals surface area contributed by atoms with E-state index in [-0.39, 0.29) is 17.9 Å². The van der Waals surface area contributed by atoms with Crippen LogP contribution < -0.4 is 19.7 Å². The Kier molecular flexibility index (Phi) is 7.80. The third-order valence-corrected chi connectivity index (χ3v) is 5.65. The second kappa shape index (κ2) is 10.5. The minimum atomic E-state index is -0.0863. The van der Waals surface area contributed by atoms with E-state index in [1.54, 1.807) is 7.11 Å². The van der Waals surface area contributed by atoms with Gasteiger partial charge in [0.2, 0.25) is 0 Å². The first-order valence-corrected chi connectivity index (χ1v) is 11.0. The number of hydrogen-bond acceptors (Lipinski definition) is 5. The first kappa shape index (κ1) is 22.9. The lowest BCUT2D eigenvalue weighted by Crippen LogP contribution is -2.48. The highest BCUT2D eigenvalue weighted by Gasteiger charge is 2.17. The van der Waals surface area contributed by atoms with E-state index in [2.05, 4.69) is 60.2 Å². The van der Waals surface area contributed by atoms with Gasteiger partial charge in [0.1, 0.15) is 11.5 Å². The molecule has 3 rings (SSSR count). The summed E-state index contributed by atoms with van der Waals surface area (Å²) in [5.74, 6) is 1.51. The number of amides is 1. The molecule has 1 saturated heterocycles. The van der Waals surface area contributed by atoms with Crippen LogP contribution in [0.5, 0.6) is 11.5 Å². The Morgan fingerprint density at radius 1 is 0.935 bits per heavy atom. The topological polar surface area (TPSA) is 54.0 Å². The monoisotopic (exact) mass is 425 g/mol. The van der Waals surface area contributed by atoms with Crippen LogP contribution >= 0.6 is 0 Å². The molecule has 2 aromatic rings. The average Bonchev–Trinajstić information content (AvgIpc) is 2.78. The molecule has 0 atom stereocenters. The summed E-state index contributed by atoms with van der Waals surface area (Å²) in [6.07, 6.45) is 0. The van der Waals surface area contributed by atoms with Crippen LogP contribution in [-0.2, 0) is 10.2 Å². The lowest BCUT2D eigenvalue weighted by atomic mass is 9.87. The third kappa shape index (κ3) is 6.89. The van der Waals surface area contributed by atoms with Crippen LogP contribution in [-0.4, -0.2) is 63.8 Å². The highest BCUT2D eigenvalue weighted by atomic mass is 16.5. The molecule has 0 radical (unpaired) electrons. The molecule has 31 heavy (non-hydrogen) atoms. The largest absolute Gasteiger partial charge is 0.497 e. The smallest absolute Gasteiger partial charge is 0.257 e. The molecular formula is C25H35N3O3. The number of hydrogen-bond donors (Lipinski definition) is 1. The van der Waals surface area contributed by atoms with Gasteiger partial charge in [-0.25, -0.2) is 0 Å². The van der Waals surface area contributed by atoms with Crippen LogP contribution in [0.1, 0.15) is 26.3 Å². The van der Waals surface area contributed by atoms with E-state index in [4.69, 9.17) is 9.47 Å². The Labute approximate surface area is 186 Å². The molecule has 1 aliphatic heterocycles. The van der Waals surface area contributed by atoms with Crippen molar-refractivity contribution in [2.75, 3.05) is 57.9 Å². The molecule has 6 heteroatoms. The first-order chi connectivity index (χ1) is 14.8. The highest BCUT2D eigenvalue weighted by molar-refractivity contribution is 5.77. The van der Waals surface area contributed by atoms with Gasteiger partial charge in [0.15, 0.2) is 6.61 Å². The van der Waals surface area contributed by atoms with Gasteiger partial charge >= 0.3 is 0 Å². The molecule has 0 spiro atoms. The zero-order chi connectivity index (χ0) is 22.3. The van der Waals surface area contributed by atoms with E-state index >= 15 is 0 Å². The predicted molar refractivity (Wildman–Crippen MR) is 125 cm³/mol. The van der Waals surface area contributed by atoms with Crippen molar-refractivity contribution in [3.05, 3.63) is 54.1 Å². The molecular weight excluding hydrogens is 390 g/mol. The second-order valence-corrected chi connectivity index (χ2v) is 8.94. The summed E-state index contributed by atoms with van der Waals surface area (Å²) in [6.45, 7) is 12.0. The summed E-state index contributed by atoms with van der Waals surface area (Å²) in [6, 6.07) is 16.2. The molecule has 6 nitrogen and oxygen atoms in total. The molecule has 2 aromatic carbocycles. The average molecular weight is 426 g/mol. The van der Waals surface area contributed by atoms with Gasteiger partial charge in [-0.05, 0) is 47.4 Å².